The summed E-state index contributed by atoms with van der Waals surface area (Å²) in [5.41, 5.74) is 5.56. The molecule has 5 heteroatoms. The molecule has 3 fully saturated rings. The molecule has 3 rings (SSSR count). The van der Waals surface area contributed by atoms with Crippen LogP contribution in [0.15, 0.2) is 0 Å². The summed E-state index contributed by atoms with van der Waals surface area (Å²) in [7, 11) is 0. The highest BCUT2D eigenvalue weighted by molar-refractivity contribution is 5.69. The lowest BCUT2D eigenvalue weighted by atomic mass is 9.78. The maximum atomic E-state index is 12.1. The molecule has 3 aliphatic rings. The molecule has 2 bridgehead atoms. The van der Waals surface area contributed by atoms with Gasteiger partial charge < -0.3 is 20.1 Å². The molecule has 1 spiro atoms. The standard InChI is InChI=1S/C13H22N2O3/c1-12(2,3)18-11(16)15-6-8-10(14)9-4-5-13(8,7-15)17-9/h8-10H,4-7,14H2,1-3H3/t8-,9+,10+,13+/m0/s1. The summed E-state index contributed by atoms with van der Waals surface area (Å²) in [5.74, 6) is 0.281. The molecule has 0 radical (unpaired) electrons. The summed E-state index contributed by atoms with van der Waals surface area (Å²) in [5, 5.41) is 0. The average molecular weight is 254 g/mol. The maximum Gasteiger partial charge on any atom is 0.410 e. The number of amides is 1. The fourth-order valence-electron chi connectivity index (χ4n) is 3.57. The molecule has 4 atom stereocenters. The van der Waals surface area contributed by atoms with E-state index in [1.165, 1.54) is 0 Å². The number of hydrogen-bond donors (Lipinski definition) is 1. The van der Waals surface area contributed by atoms with Crippen molar-refractivity contribution in [1.29, 1.82) is 0 Å². The van der Waals surface area contributed by atoms with Crippen molar-refractivity contribution in [1.82, 2.24) is 4.90 Å². The molecule has 0 aromatic rings. The van der Waals surface area contributed by atoms with Gasteiger partial charge in [-0.15, -0.1) is 0 Å². The fourth-order valence-corrected chi connectivity index (χ4v) is 3.57. The van der Waals surface area contributed by atoms with Crippen LogP contribution in [-0.2, 0) is 9.47 Å². The van der Waals surface area contributed by atoms with E-state index in [1.807, 2.05) is 20.8 Å². The van der Waals surface area contributed by atoms with Crippen LogP contribution in [0.5, 0.6) is 0 Å². The van der Waals surface area contributed by atoms with Gasteiger partial charge in [0.1, 0.15) is 5.60 Å². The van der Waals surface area contributed by atoms with Crippen molar-refractivity contribution in [2.45, 2.75) is 57.0 Å². The van der Waals surface area contributed by atoms with Crippen LogP contribution in [0.2, 0.25) is 0 Å². The molecule has 5 nitrogen and oxygen atoms in total. The minimum Gasteiger partial charge on any atom is -0.444 e. The number of likely N-dealkylation sites (tertiary alicyclic amines) is 1. The molecule has 0 aromatic heterocycles. The van der Waals surface area contributed by atoms with E-state index in [-0.39, 0.29) is 29.8 Å². The first-order valence-corrected chi connectivity index (χ1v) is 6.72. The summed E-state index contributed by atoms with van der Waals surface area (Å²) < 4.78 is 11.4. The van der Waals surface area contributed by atoms with E-state index >= 15 is 0 Å². The second-order valence-corrected chi connectivity index (χ2v) is 6.80. The summed E-state index contributed by atoms with van der Waals surface area (Å²) in [6.45, 7) is 6.96. The number of hydrogen-bond acceptors (Lipinski definition) is 4. The molecule has 0 aliphatic carbocycles. The van der Waals surface area contributed by atoms with Crippen molar-refractivity contribution >= 4 is 6.09 Å². The number of nitrogens with zero attached hydrogens (tertiary/aromatic N) is 1. The van der Waals surface area contributed by atoms with Gasteiger partial charge in [-0.1, -0.05) is 0 Å². The summed E-state index contributed by atoms with van der Waals surface area (Å²) >= 11 is 0. The second kappa shape index (κ2) is 3.61. The van der Waals surface area contributed by atoms with Crippen LogP contribution in [-0.4, -0.2) is 47.4 Å². The number of ether oxygens (including phenoxy) is 2. The Hall–Kier alpha value is -0.810. The predicted octanol–water partition coefficient (Wildman–Crippen LogP) is 1.11. The molecule has 0 aromatic carbocycles. The Balaban J connectivity index is 1.71. The minimum absolute atomic E-state index is 0.0752. The van der Waals surface area contributed by atoms with Gasteiger partial charge >= 0.3 is 6.09 Å². The lowest BCUT2D eigenvalue weighted by Gasteiger charge is -2.26. The first kappa shape index (κ1) is 12.2. The molecule has 0 unspecified atom stereocenters. The second-order valence-electron chi connectivity index (χ2n) is 6.80. The summed E-state index contributed by atoms with van der Waals surface area (Å²) in [6.07, 6.45) is 2.01. The van der Waals surface area contributed by atoms with Gasteiger partial charge in [0.15, 0.2) is 0 Å². The molecule has 3 aliphatic heterocycles. The molecule has 2 N–H and O–H groups in total. The molecule has 0 saturated carbocycles. The van der Waals surface area contributed by atoms with E-state index in [9.17, 15) is 4.79 Å². The maximum absolute atomic E-state index is 12.1. The highest BCUT2D eigenvalue weighted by atomic mass is 16.6. The predicted molar refractivity (Wildman–Crippen MR) is 66.1 cm³/mol. The molecular weight excluding hydrogens is 232 g/mol. The Kier molecular flexibility index (Phi) is 2.45. The van der Waals surface area contributed by atoms with Gasteiger partial charge in [-0.3, -0.25) is 0 Å². The summed E-state index contributed by atoms with van der Waals surface area (Å²) in [6, 6.07) is 0.0752. The van der Waals surface area contributed by atoms with Crippen LogP contribution in [0.4, 0.5) is 4.79 Å². The number of fused-ring (bicyclic) bond motifs is 1. The monoisotopic (exact) mass is 254 g/mol. The van der Waals surface area contributed by atoms with Crippen LogP contribution in [0.25, 0.3) is 0 Å². The average Bonchev–Trinajstić information content (AvgIpc) is 2.86. The first-order chi connectivity index (χ1) is 8.31. The number of carbonyl (C=O) groups is 1. The van der Waals surface area contributed by atoms with Crippen molar-refractivity contribution in [3.63, 3.8) is 0 Å². The van der Waals surface area contributed by atoms with Gasteiger partial charge in [0.25, 0.3) is 0 Å². The third kappa shape index (κ3) is 1.72. The number of nitrogens with two attached hydrogens (primary N) is 1. The zero-order chi connectivity index (χ0) is 13.1. The van der Waals surface area contributed by atoms with E-state index in [4.69, 9.17) is 15.2 Å². The molecule has 3 heterocycles. The van der Waals surface area contributed by atoms with Crippen LogP contribution in [0, 0.1) is 5.92 Å². The zero-order valence-corrected chi connectivity index (χ0v) is 11.3. The van der Waals surface area contributed by atoms with Gasteiger partial charge in [0.05, 0.1) is 18.2 Å². The Labute approximate surface area is 108 Å². The van der Waals surface area contributed by atoms with Crippen LogP contribution >= 0.6 is 0 Å². The Morgan fingerprint density at radius 2 is 2.22 bits per heavy atom. The van der Waals surface area contributed by atoms with Gasteiger partial charge in [-0.2, -0.15) is 0 Å². The Bertz CT molecular complexity index is 379. The molecule has 1 amide bonds. The molecule has 18 heavy (non-hydrogen) atoms. The lowest BCUT2D eigenvalue weighted by molar-refractivity contribution is -0.00576. The van der Waals surface area contributed by atoms with E-state index in [1.54, 1.807) is 4.90 Å². The molecular formula is C13H22N2O3. The van der Waals surface area contributed by atoms with E-state index in [0.717, 1.165) is 12.8 Å². The largest absolute Gasteiger partial charge is 0.444 e. The van der Waals surface area contributed by atoms with Crippen LogP contribution < -0.4 is 5.73 Å². The third-order valence-corrected chi connectivity index (χ3v) is 4.34. The van der Waals surface area contributed by atoms with Gasteiger partial charge in [-0.25, -0.2) is 4.79 Å². The van der Waals surface area contributed by atoms with Crippen molar-refractivity contribution in [2.24, 2.45) is 11.7 Å². The summed E-state index contributed by atoms with van der Waals surface area (Å²) in [4.78, 5) is 13.8. The van der Waals surface area contributed by atoms with E-state index in [2.05, 4.69) is 0 Å². The van der Waals surface area contributed by atoms with E-state index < -0.39 is 5.60 Å². The van der Waals surface area contributed by atoms with Crippen molar-refractivity contribution in [3.05, 3.63) is 0 Å². The van der Waals surface area contributed by atoms with Crippen molar-refractivity contribution < 1.29 is 14.3 Å². The quantitative estimate of drug-likeness (QED) is 0.703. The van der Waals surface area contributed by atoms with Crippen LogP contribution in [0.3, 0.4) is 0 Å². The first-order valence-electron chi connectivity index (χ1n) is 6.72. The molecule has 3 saturated heterocycles. The topological polar surface area (TPSA) is 64.8 Å². The minimum atomic E-state index is -0.451. The smallest absolute Gasteiger partial charge is 0.410 e. The van der Waals surface area contributed by atoms with Gasteiger partial charge in [-0.05, 0) is 33.6 Å². The van der Waals surface area contributed by atoms with Gasteiger partial charge in [0.2, 0.25) is 0 Å². The fraction of sp³-hybridized carbons (Fsp3) is 0.923. The van der Waals surface area contributed by atoms with Gasteiger partial charge in [0, 0.05) is 18.5 Å². The number of carbonyl (C=O) groups excluding carboxylic acids is 1. The highest BCUT2D eigenvalue weighted by Gasteiger charge is 2.63. The Morgan fingerprint density at radius 1 is 1.50 bits per heavy atom. The van der Waals surface area contributed by atoms with Crippen molar-refractivity contribution in [3.8, 4) is 0 Å². The van der Waals surface area contributed by atoms with Crippen molar-refractivity contribution in [2.75, 3.05) is 13.1 Å². The van der Waals surface area contributed by atoms with E-state index in [0.29, 0.717) is 13.1 Å². The highest BCUT2D eigenvalue weighted by Crippen LogP contribution is 2.51. The third-order valence-electron chi connectivity index (χ3n) is 4.34. The normalized spacial score (nSPS) is 42.2. The lowest BCUT2D eigenvalue weighted by Crippen LogP contribution is -2.44. The Morgan fingerprint density at radius 3 is 2.83 bits per heavy atom. The SMILES string of the molecule is CC(C)(C)OC(=O)N1C[C@H]2[C@@H](N)[C@H]3CC[C@]2(C1)O3. The van der Waals surface area contributed by atoms with Crippen LogP contribution in [0.1, 0.15) is 33.6 Å². The molecule has 102 valence electrons. The zero-order valence-electron chi connectivity index (χ0n) is 11.3. The number of rotatable bonds is 0.